The van der Waals surface area contributed by atoms with Crippen LogP contribution >= 0.6 is 0 Å². The van der Waals surface area contributed by atoms with Crippen LogP contribution in [0.15, 0.2) is 66.7 Å². The SMILES string of the molecule is Cc1ccc(N2CCC(C(=O)Nc3ccc(C(=O)N4CCc5ccccc54)cc3)C2=O)cc1C. The first-order chi connectivity index (χ1) is 16.4. The lowest BCUT2D eigenvalue weighted by atomic mass is 10.1. The molecule has 172 valence electrons. The summed E-state index contributed by atoms with van der Waals surface area (Å²) in [7, 11) is 0. The predicted molar refractivity (Wildman–Crippen MR) is 133 cm³/mol. The van der Waals surface area contributed by atoms with Gasteiger partial charge in [0.1, 0.15) is 5.92 Å². The minimum absolute atomic E-state index is 0.0576. The monoisotopic (exact) mass is 453 g/mol. The Morgan fingerprint density at radius 3 is 2.44 bits per heavy atom. The molecule has 3 aromatic rings. The molecule has 1 atom stereocenters. The number of carbonyl (C=O) groups excluding carboxylic acids is 3. The number of aryl methyl sites for hydroxylation is 2. The van der Waals surface area contributed by atoms with Crippen LogP contribution in [0.2, 0.25) is 0 Å². The van der Waals surface area contributed by atoms with Gasteiger partial charge in [0.15, 0.2) is 0 Å². The molecule has 5 rings (SSSR count). The van der Waals surface area contributed by atoms with Crippen LogP contribution in [0.5, 0.6) is 0 Å². The molecule has 6 heteroatoms. The number of amides is 3. The molecule has 2 aliphatic rings. The van der Waals surface area contributed by atoms with Crippen LogP contribution < -0.4 is 15.1 Å². The van der Waals surface area contributed by atoms with E-state index in [-0.39, 0.29) is 17.7 Å². The molecule has 0 aromatic heterocycles. The van der Waals surface area contributed by atoms with Crippen molar-refractivity contribution < 1.29 is 14.4 Å². The van der Waals surface area contributed by atoms with E-state index in [0.717, 1.165) is 23.4 Å². The Kier molecular flexibility index (Phi) is 5.65. The Balaban J connectivity index is 1.24. The van der Waals surface area contributed by atoms with Crippen molar-refractivity contribution in [2.45, 2.75) is 26.7 Å². The summed E-state index contributed by atoms with van der Waals surface area (Å²) in [5.41, 5.74) is 6.38. The highest BCUT2D eigenvalue weighted by molar-refractivity contribution is 6.13. The van der Waals surface area contributed by atoms with E-state index in [0.29, 0.717) is 30.8 Å². The number of hydrogen-bond acceptors (Lipinski definition) is 3. The summed E-state index contributed by atoms with van der Waals surface area (Å²) >= 11 is 0. The van der Waals surface area contributed by atoms with Gasteiger partial charge >= 0.3 is 0 Å². The Bertz CT molecular complexity index is 1280. The standard InChI is InChI=1S/C28H27N3O3/c1-18-7-12-23(17-19(18)2)30-16-14-24(28(30)34)26(32)29-22-10-8-21(9-11-22)27(33)31-15-13-20-5-3-4-6-25(20)31/h3-12,17,24H,13-16H2,1-2H3,(H,29,32). The molecule has 0 aliphatic carbocycles. The number of anilines is 3. The van der Waals surface area contributed by atoms with Gasteiger partial charge in [-0.25, -0.2) is 0 Å². The van der Waals surface area contributed by atoms with Gasteiger partial charge in [-0.15, -0.1) is 0 Å². The normalized spacial score (nSPS) is 17.1. The maximum Gasteiger partial charge on any atom is 0.258 e. The number of hydrogen-bond donors (Lipinski definition) is 1. The molecule has 1 unspecified atom stereocenters. The van der Waals surface area contributed by atoms with Gasteiger partial charge in [-0.2, -0.15) is 0 Å². The van der Waals surface area contributed by atoms with Crippen molar-refractivity contribution in [2.75, 3.05) is 28.2 Å². The largest absolute Gasteiger partial charge is 0.325 e. The smallest absolute Gasteiger partial charge is 0.258 e. The maximum atomic E-state index is 13.0. The molecular formula is C28H27N3O3. The van der Waals surface area contributed by atoms with Crippen molar-refractivity contribution in [1.82, 2.24) is 0 Å². The van der Waals surface area contributed by atoms with Gasteiger partial charge in [-0.3, -0.25) is 14.4 Å². The molecule has 3 aromatic carbocycles. The summed E-state index contributed by atoms with van der Waals surface area (Å²) in [6.45, 7) is 5.23. The Morgan fingerprint density at radius 1 is 0.912 bits per heavy atom. The Hall–Kier alpha value is -3.93. The molecule has 6 nitrogen and oxygen atoms in total. The zero-order chi connectivity index (χ0) is 23.8. The average Bonchev–Trinajstić information content (AvgIpc) is 3.45. The third-order valence-electron chi connectivity index (χ3n) is 6.86. The molecule has 3 amide bonds. The number of carbonyl (C=O) groups is 3. The van der Waals surface area contributed by atoms with Crippen molar-refractivity contribution >= 4 is 34.8 Å². The molecule has 1 saturated heterocycles. The van der Waals surface area contributed by atoms with Gasteiger partial charge in [0, 0.05) is 35.7 Å². The highest BCUT2D eigenvalue weighted by Crippen LogP contribution is 2.30. The van der Waals surface area contributed by atoms with E-state index in [9.17, 15) is 14.4 Å². The summed E-state index contributed by atoms with van der Waals surface area (Å²) in [4.78, 5) is 42.3. The number of nitrogens with zero attached hydrogens (tertiary/aromatic N) is 2. The van der Waals surface area contributed by atoms with E-state index >= 15 is 0 Å². The lowest BCUT2D eigenvalue weighted by molar-refractivity contribution is -0.129. The Labute approximate surface area is 199 Å². The van der Waals surface area contributed by atoms with Gasteiger partial charge in [0.05, 0.1) is 0 Å². The lowest BCUT2D eigenvalue weighted by Gasteiger charge is -2.18. The molecule has 0 saturated carbocycles. The molecule has 1 fully saturated rings. The highest BCUT2D eigenvalue weighted by Gasteiger charge is 2.37. The molecular weight excluding hydrogens is 426 g/mol. The molecule has 0 spiro atoms. The summed E-state index contributed by atoms with van der Waals surface area (Å²) in [5.74, 6) is -1.27. The molecule has 0 radical (unpaired) electrons. The van der Waals surface area contributed by atoms with Crippen molar-refractivity contribution in [3.8, 4) is 0 Å². The zero-order valence-electron chi connectivity index (χ0n) is 19.4. The fraction of sp³-hybridized carbons (Fsp3) is 0.250. The fourth-order valence-electron chi connectivity index (χ4n) is 4.70. The summed E-state index contributed by atoms with van der Waals surface area (Å²) in [6, 6.07) is 20.7. The molecule has 2 aliphatic heterocycles. The maximum absolute atomic E-state index is 13.0. The number of fused-ring (bicyclic) bond motifs is 1. The van der Waals surface area contributed by atoms with Crippen LogP contribution in [0.1, 0.15) is 33.5 Å². The quantitative estimate of drug-likeness (QED) is 0.592. The van der Waals surface area contributed by atoms with E-state index in [2.05, 4.69) is 5.32 Å². The van der Waals surface area contributed by atoms with Gasteiger partial charge in [0.25, 0.3) is 5.91 Å². The van der Waals surface area contributed by atoms with Crippen molar-refractivity contribution in [3.63, 3.8) is 0 Å². The van der Waals surface area contributed by atoms with Gasteiger partial charge in [0.2, 0.25) is 11.8 Å². The molecule has 1 N–H and O–H groups in total. The molecule has 34 heavy (non-hydrogen) atoms. The van der Waals surface area contributed by atoms with Crippen LogP contribution in [0.4, 0.5) is 17.1 Å². The van der Waals surface area contributed by atoms with E-state index in [1.165, 1.54) is 11.1 Å². The van der Waals surface area contributed by atoms with Crippen LogP contribution in [0, 0.1) is 19.8 Å². The van der Waals surface area contributed by atoms with E-state index < -0.39 is 5.92 Å². The van der Waals surface area contributed by atoms with E-state index in [1.54, 1.807) is 34.1 Å². The number of nitrogens with one attached hydrogen (secondary N) is 1. The first kappa shape index (κ1) is 21.9. The van der Waals surface area contributed by atoms with Crippen LogP contribution in [-0.4, -0.2) is 30.8 Å². The Morgan fingerprint density at radius 2 is 1.68 bits per heavy atom. The van der Waals surface area contributed by atoms with E-state index in [4.69, 9.17) is 0 Å². The topological polar surface area (TPSA) is 69.7 Å². The minimum Gasteiger partial charge on any atom is -0.325 e. The van der Waals surface area contributed by atoms with Gasteiger partial charge < -0.3 is 15.1 Å². The minimum atomic E-state index is -0.719. The summed E-state index contributed by atoms with van der Waals surface area (Å²) < 4.78 is 0. The van der Waals surface area contributed by atoms with Crippen molar-refractivity contribution in [3.05, 3.63) is 89.0 Å². The predicted octanol–water partition coefficient (Wildman–Crippen LogP) is 4.50. The lowest BCUT2D eigenvalue weighted by Crippen LogP contribution is -2.33. The highest BCUT2D eigenvalue weighted by atomic mass is 16.2. The third-order valence-corrected chi connectivity index (χ3v) is 6.86. The second-order valence-electron chi connectivity index (χ2n) is 9.00. The third kappa shape index (κ3) is 3.96. The first-order valence-electron chi connectivity index (χ1n) is 11.6. The van der Waals surface area contributed by atoms with E-state index in [1.807, 2.05) is 56.3 Å². The van der Waals surface area contributed by atoms with Gasteiger partial charge in [-0.1, -0.05) is 24.3 Å². The number of benzene rings is 3. The fourth-order valence-corrected chi connectivity index (χ4v) is 4.70. The van der Waals surface area contributed by atoms with Crippen molar-refractivity contribution in [1.29, 1.82) is 0 Å². The van der Waals surface area contributed by atoms with Crippen molar-refractivity contribution in [2.24, 2.45) is 5.92 Å². The molecule has 2 heterocycles. The zero-order valence-corrected chi connectivity index (χ0v) is 19.4. The van der Waals surface area contributed by atoms with Crippen LogP contribution in [0.3, 0.4) is 0 Å². The first-order valence-corrected chi connectivity index (χ1v) is 11.6. The van der Waals surface area contributed by atoms with Crippen LogP contribution in [-0.2, 0) is 16.0 Å². The summed E-state index contributed by atoms with van der Waals surface area (Å²) in [5, 5.41) is 2.85. The van der Waals surface area contributed by atoms with Gasteiger partial charge in [-0.05, 0) is 85.8 Å². The second-order valence-corrected chi connectivity index (χ2v) is 9.00. The number of para-hydroxylation sites is 1. The average molecular weight is 454 g/mol. The molecule has 0 bridgehead atoms. The summed E-state index contributed by atoms with van der Waals surface area (Å²) in [6.07, 6.45) is 1.33. The number of rotatable bonds is 4. The van der Waals surface area contributed by atoms with Crippen LogP contribution in [0.25, 0.3) is 0 Å². The second kappa shape index (κ2) is 8.78.